The number of rotatable bonds is 10. The largest absolute Gasteiger partial charge is 0.490 e. The summed E-state index contributed by atoms with van der Waals surface area (Å²) in [6.07, 6.45) is 3.48. The predicted octanol–water partition coefficient (Wildman–Crippen LogP) is 5.46. The second-order valence-corrected chi connectivity index (χ2v) is 7.35. The van der Waals surface area contributed by atoms with Crippen molar-refractivity contribution in [2.75, 3.05) is 5.32 Å². The van der Waals surface area contributed by atoms with Crippen molar-refractivity contribution < 1.29 is 28.6 Å². The lowest BCUT2D eigenvalue weighted by molar-refractivity contribution is -0.115. The predicted molar refractivity (Wildman–Crippen MR) is 121 cm³/mol. The summed E-state index contributed by atoms with van der Waals surface area (Å²) < 4.78 is 25.1. The van der Waals surface area contributed by atoms with Crippen LogP contribution in [0.25, 0.3) is 0 Å². The number of anilines is 1. The van der Waals surface area contributed by atoms with Gasteiger partial charge < -0.3 is 19.9 Å². The number of carbonyl (C=O) groups excluding carboxylic acids is 1. The van der Waals surface area contributed by atoms with E-state index in [1.165, 1.54) is 6.20 Å². The quantitative estimate of drug-likeness (QED) is 0.424. The first-order valence-corrected chi connectivity index (χ1v) is 10.6. The Labute approximate surface area is 191 Å². The van der Waals surface area contributed by atoms with Gasteiger partial charge in [0.2, 0.25) is 11.8 Å². The average molecular weight is 452 g/mol. The van der Waals surface area contributed by atoms with Gasteiger partial charge in [-0.15, -0.1) is 0 Å². The van der Waals surface area contributed by atoms with Crippen LogP contribution in [-0.2, 0) is 11.2 Å². The van der Waals surface area contributed by atoms with E-state index in [1.807, 2.05) is 12.1 Å². The summed E-state index contributed by atoms with van der Waals surface area (Å²) in [5.74, 6) is -0.679. The summed E-state index contributed by atoms with van der Waals surface area (Å²) in [5.41, 5.74) is 0.294. The molecule has 0 saturated heterocycles. The van der Waals surface area contributed by atoms with Gasteiger partial charge >= 0.3 is 5.97 Å². The van der Waals surface area contributed by atoms with Crippen LogP contribution in [0.4, 0.5) is 10.1 Å². The van der Waals surface area contributed by atoms with Gasteiger partial charge in [-0.3, -0.25) is 4.79 Å². The van der Waals surface area contributed by atoms with E-state index in [0.29, 0.717) is 17.2 Å². The Bertz CT molecular complexity index is 1100. The highest BCUT2D eigenvalue weighted by Crippen LogP contribution is 2.24. The van der Waals surface area contributed by atoms with Crippen LogP contribution >= 0.6 is 0 Å². The maximum absolute atomic E-state index is 13.4. The Kier molecular flexibility index (Phi) is 7.96. The van der Waals surface area contributed by atoms with Crippen molar-refractivity contribution in [2.45, 2.75) is 39.2 Å². The second kappa shape index (κ2) is 11.1. The number of halogens is 1. The van der Waals surface area contributed by atoms with E-state index in [1.54, 1.807) is 24.3 Å². The van der Waals surface area contributed by atoms with Crippen LogP contribution in [0.2, 0.25) is 0 Å². The number of aromatic carboxylic acids is 1. The van der Waals surface area contributed by atoms with Gasteiger partial charge in [0.1, 0.15) is 17.3 Å². The van der Waals surface area contributed by atoms with E-state index in [0.717, 1.165) is 36.8 Å². The van der Waals surface area contributed by atoms with Gasteiger partial charge in [0.05, 0.1) is 23.8 Å². The summed E-state index contributed by atoms with van der Waals surface area (Å²) in [6.45, 7) is 4.17. The van der Waals surface area contributed by atoms with E-state index in [9.17, 15) is 19.1 Å². The Hall–Kier alpha value is -3.94. The van der Waals surface area contributed by atoms with Crippen molar-refractivity contribution in [3.63, 3.8) is 0 Å². The number of pyridine rings is 1. The first-order valence-electron chi connectivity index (χ1n) is 10.6. The third kappa shape index (κ3) is 6.77. The first kappa shape index (κ1) is 23.7. The summed E-state index contributed by atoms with van der Waals surface area (Å²) >= 11 is 0. The monoisotopic (exact) mass is 452 g/mol. The zero-order chi connectivity index (χ0) is 23.8. The number of nitrogens with one attached hydrogen (secondary N) is 1. The molecule has 0 saturated carbocycles. The van der Waals surface area contributed by atoms with Crippen LogP contribution in [0.15, 0.2) is 60.8 Å². The van der Waals surface area contributed by atoms with Gasteiger partial charge in [0.25, 0.3) is 0 Å². The molecule has 172 valence electrons. The van der Waals surface area contributed by atoms with Crippen LogP contribution in [-0.4, -0.2) is 28.1 Å². The topological polar surface area (TPSA) is 97.8 Å². The normalized spacial score (nSPS) is 10.7. The molecule has 0 spiro atoms. The third-order valence-corrected chi connectivity index (χ3v) is 4.91. The number of amides is 1. The third-order valence-electron chi connectivity index (χ3n) is 4.91. The molecule has 0 unspecified atom stereocenters. The van der Waals surface area contributed by atoms with Gasteiger partial charge in [-0.2, -0.15) is 0 Å². The highest BCUT2D eigenvalue weighted by atomic mass is 19.1. The molecule has 0 fully saturated rings. The van der Waals surface area contributed by atoms with E-state index in [2.05, 4.69) is 24.1 Å². The zero-order valence-electron chi connectivity index (χ0n) is 18.4. The fourth-order valence-electron chi connectivity index (χ4n) is 3.12. The lowest BCUT2D eigenvalue weighted by atomic mass is 10.1. The minimum absolute atomic E-state index is 0.0646. The number of hydrogen-bond donors (Lipinski definition) is 2. The van der Waals surface area contributed by atoms with E-state index in [4.69, 9.17) is 9.47 Å². The molecule has 0 atom stereocenters. The van der Waals surface area contributed by atoms with Crippen molar-refractivity contribution in [3.05, 3.63) is 77.7 Å². The van der Waals surface area contributed by atoms with Crippen molar-refractivity contribution >= 4 is 17.6 Å². The minimum Gasteiger partial charge on any atom is -0.490 e. The fraction of sp³-hybridized carbons (Fsp3) is 0.240. The number of carbonyl (C=O) groups is 2. The van der Waals surface area contributed by atoms with Crippen LogP contribution in [0.5, 0.6) is 17.4 Å². The molecule has 0 bridgehead atoms. The Morgan fingerprint density at radius 1 is 1.03 bits per heavy atom. The molecule has 2 N–H and O–H groups in total. The summed E-state index contributed by atoms with van der Waals surface area (Å²) in [4.78, 5) is 27.8. The summed E-state index contributed by atoms with van der Waals surface area (Å²) in [7, 11) is 0. The maximum Gasteiger partial charge on any atom is 0.337 e. The van der Waals surface area contributed by atoms with Crippen molar-refractivity contribution in [2.24, 2.45) is 0 Å². The number of carboxylic acid groups (broad SMARTS) is 1. The van der Waals surface area contributed by atoms with E-state index >= 15 is 0 Å². The average Bonchev–Trinajstić information content (AvgIpc) is 2.79. The summed E-state index contributed by atoms with van der Waals surface area (Å²) in [6, 6.07) is 13.7. The van der Waals surface area contributed by atoms with Crippen molar-refractivity contribution in [1.82, 2.24) is 4.98 Å². The lowest BCUT2D eigenvalue weighted by Gasteiger charge is -2.15. The molecule has 0 aliphatic rings. The van der Waals surface area contributed by atoms with E-state index in [-0.39, 0.29) is 23.8 Å². The summed E-state index contributed by atoms with van der Waals surface area (Å²) in [5, 5.41) is 11.6. The van der Waals surface area contributed by atoms with Crippen LogP contribution < -0.4 is 14.8 Å². The van der Waals surface area contributed by atoms with Gasteiger partial charge in [0, 0.05) is 12.3 Å². The van der Waals surface area contributed by atoms with Crippen LogP contribution in [0, 0.1) is 5.82 Å². The van der Waals surface area contributed by atoms with Crippen LogP contribution in [0.3, 0.4) is 0 Å². The molecule has 0 radical (unpaired) electrons. The number of benzene rings is 2. The molecular formula is C25H25FN2O5. The standard InChI is InChI=1S/C25H25FN2O5/c1-3-18(4-2)32-19-7-9-20(10-8-19)33-24-12-5-16(15-27-24)13-23(29)28-22-14-17(26)6-11-21(22)25(30)31/h5-12,14-15,18H,3-4,13H2,1-2H3,(H,28,29)(H,30,31). The molecule has 3 rings (SSSR count). The lowest BCUT2D eigenvalue weighted by Crippen LogP contribution is -2.17. The molecule has 8 heteroatoms. The second-order valence-electron chi connectivity index (χ2n) is 7.35. The molecular weight excluding hydrogens is 427 g/mol. The SMILES string of the molecule is CCC(CC)Oc1ccc(Oc2ccc(CC(=O)Nc3cc(F)ccc3C(=O)O)cn2)cc1. The number of nitrogens with zero attached hydrogens (tertiary/aromatic N) is 1. The maximum atomic E-state index is 13.4. The number of carboxylic acids is 1. The van der Waals surface area contributed by atoms with E-state index < -0.39 is 17.7 Å². The molecule has 7 nitrogen and oxygen atoms in total. The van der Waals surface area contributed by atoms with Gasteiger partial charge in [-0.1, -0.05) is 19.9 Å². The molecule has 1 heterocycles. The number of aromatic nitrogens is 1. The minimum atomic E-state index is -1.26. The Morgan fingerprint density at radius 3 is 2.33 bits per heavy atom. The smallest absolute Gasteiger partial charge is 0.337 e. The van der Waals surface area contributed by atoms with Crippen molar-refractivity contribution in [1.29, 1.82) is 0 Å². The molecule has 1 amide bonds. The Balaban J connectivity index is 1.58. The highest BCUT2D eigenvalue weighted by molar-refractivity contribution is 6.01. The first-order chi connectivity index (χ1) is 15.9. The molecule has 0 aliphatic carbocycles. The van der Waals surface area contributed by atoms with Gasteiger partial charge in [-0.05, 0) is 60.9 Å². The highest BCUT2D eigenvalue weighted by Gasteiger charge is 2.14. The number of ether oxygens (including phenoxy) is 2. The molecule has 33 heavy (non-hydrogen) atoms. The van der Waals surface area contributed by atoms with Gasteiger partial charge in [-0.25, -0.2) is 14.2 Å². The Morgan fingerprint density at radius 2 is 1.73 bits per heavy atom. The molecule has 1 aromatic heterocycles. The van der Waals surface area contributed by atoms with Gasteiger partial charge in [0.15, 0.2) is 0 Å². The zero-order valence-corrected chi connectivity index (χ0v) is 18.4. The fourth-order valence-corrected chi connectivity index (χ4v) is 3.12. The van der Waals surface area contributed by atoms with Crippen molar-refractivity contribution in [3.8, 4) is 17.4 Å². The molecule has 3 aromatic rings. The molecule has 2 aromatic carbocycles. The molecule has 0 aliphatic heterocycles. The van der Waals surface area contributed by atoms with Crippen LogP contribution in [0.1, 0.15) is 42.6 Å². The number of hydrogen-bond acceptors (Lipinski definition) is 5.